The molecule has 0 bridgehead atoms. The molecular formula is C18H35BO4. The second kappa shape index (κ2) is 8.52. The number of carboxylic acids is 1. The summed E-state index contributed by atoms with van der Waals surface area (Å²) in [4.78, 5) is 12.0. The fourth-order valence-corrected chi connectivity index (χ4v) is 4.66. The molecule has 3 N–H and O–H groups in total. The van der Waals surface area contributed by atoms with Gasteiger partial charge in [0.05, 0.1) is 5.41 Å². The predicted octanol–water partition coefficient (Wildman–Crippen LogP) is 3.96. The lowest BCUT2D eigenvalue weighted by molar-refractivity contribution is -0.150. The van der Waals surface area contributed by atoms with Gasteiger partial charge in [-0.1, -0.05) is 46.5 Å². The number of carboxylic acid groups (broad SMARTS) is 1. The molecule has 0 heterocycles. The lowest BCUT2D eigenvalue weighted by Gasteiger charge is -2.36. The molecule has 0 aliphatic heterocycles. The molecule has 0 aromatic carbocycles. The second-order valence-corrected chi connectivity index (χ2v) is 7.99. The van der Waals surface area contributed by atoms with E-state index in [1.54, 1.807) is 0 Å². The van der Waals surface area contributed by atoms with E-state index in [0.29, 0.717) is 18.7 Å². The maximum atomic E-state index is 12.0. The summed E-state index contributed by atoms with van der Waals surface area (Å²) in [6.07, 6.45) is 7.99. The van der Waals surface area contributed by atoms with Crippen molar-refractivity contribution in [2.45, 2.75) is 85.4 Å². The summed E-state index contributed by atoms with van der Waals surface area (Å²) in [6.45, 7) is 8.57. The number of rotatable bonds is 10. The van der Waals surface area contributed by atoms with E-state index in [1.807, 2.05) is 6.92 Å². The molecule has 1 aliphatic carbocycles. The molecule has 0 radical (unpaired) electrons. The van der Waals surface area contributed by atoms with Crippen molar-refractivity contribution in [2.24, 2.45) is 22.7 Å². The van der Waals surface area contributed by atoms with Crippen LogP contribution in [0, 0.1) is 22.7 Å². The van der Waals surface area contributed by atoms with Gasteiger partial charge in [0, 0.05) is 0 Å². The van der Waals surface area contributed by atoms with E-state index in [2.05, 4.69) is 20.8 Å². The molecule has 1 fully saturated rings. The van der Waals surface area contributed by atoms with Gasteiger partial charge in [-0.2, -0.15) is 0 Å². The molecule has 1 aliphatic rings. The summed E-state index contributed by atoms with van der Waals surface area (Å²) in [5, 5.41) is 28.0. The van der Waals surface area contributed by atoms with Crippen LogP contribution in [0.3, 0.4) is 0 Å². The molecule has 23 heavy (non-hydrogen) atoms. The minimum absolute atomic E-state index is 0.125. The average molecular weight is 326 g/mol. The molecule has 0 aromatic rings. The standard InChI is InChI=1S/C18H35BO4/c1-5-7-10-18(14(3)6-2)12-15(9-8-11-19(22)23)17(4,13-18)16(20)21/h14-15,22-23H,5-13H2,1-4H3,(H,20,21). The third-order valence-electron chi connectivity index (χ3n) is 6.46. The molecule has 4 nitrogen and oxygen atoms in total. The molecule has 0 spiro atoms. The van der Waals surface area contributed by atoms with Gasteiger partial charge in [0.25, 0.3) is 0 Å². The Hall–Kier alpha value is -0.545. The molecule has 0 aromatic heterocycles. The normalized spacial score (nSPS) is 32.0. The first-order chi connectivity index (χ1) is 10.7. The highest BCUT2D eigenvalue weighted by molar-refractivity contribution is 6.40. The lowest BCUT2D eigenvalue weighted by atomic mass is 9.68. The van der Waals surface area contributed by atoms with Gasteiger partial charge in [0.2, 0.25) is 0 Å². The van der Waals surface area contributed by atoms with Crippen LogP contribution >= 0.6 is 0 Å². The van der Waals surface area contributed by atoms with Gasteiger partial charge in [-0.3, -0.25) is 4.79 Å². The second-order valence-electron chi connectivity index (χ2n) is 7.99. The van der Waals surface area contributed by atoms with Crippen LogP contribution in [0.1, 0.15) is 79.1 Å². The third kappa shape index (κ3) is 4.73. The van der Waals surface area contributed by atoms with E-state index in [9.17, 15) is 9.90 Å². The Kier molecular flexibility index (Phi) is 7.60. The van der Waals surface area contributed by atoms with E-state index in [1.165, 1.54) is 0 Å². The number of hydrogen-bond acceptors (Lipinski definition) is 3. The van der Waals surface area contributed by atoms with E-state index >= 15 is 0 Å². The van der Waals surface area contributed by atoms with Crippen LogP contribution in [-0.4, -0.2) is 28.2 Å². The van der Waals surface area contributed by atoms with E-state index < -0.39 is 18.5 Å². The Morgan fingerprint density at radius 2 is 1.96 bits per heavy atom. The summed E-state index contributed by atoms with van der Waals surface area (Å²) in [7, 11) is -1.29. The summed E-state index contributed by atoms with van der Waals surface area (Å²) in [6, 6.07) is 0. The largest absolute Gasteiger partial charge is 0.481 e. The highest BCUT2D eigenvalue weighted by Gasteiger charge is 2.56. The van der Waals surface area contributed by atoms with Crippen molar-refractivity contribution in [1.29, 1.82) is 0 Å². The molecular weight excluding hydrogens is 291 g/mol. The maximum Gasteiger partial charge on any atom is 0.451 e. The first-order valence-electron chi connectivity index (χ1n) is 9.31. The first kappa shape index (κ1) is 20.5. The smallest absolute Gasteiger partial charge is 0.451 e. The average Bonchev–Trinajstić information content (AvgIpc) is 2.79. The minimum Gasteiger partial charge on any atom is -0.481 e. The summed E-state index contributed by atoms with van der Waals surface area (Å²) < 4.78 is 0. The van der Waals surface area contributed by atoms with Gasteiger partial charge in [-0.25, -0.2) is 0 Å². The predicted molar refractivity (Wildman–Crippen MR) is 94.1 cm³/mol. The SMILES string of the molecule is CCCCC1(C(C)CC)CC(CCCB(O)O)C(C)(C(=O)O)C1. The molecule has 0 saturated heterocycles. The van der Waals surface area contributed by atoms with Crippen LogP contribution in [0.15, 0.2) is 0 Å². The number of unbranched alkanes of at least 4 members (excludes halogenated alkanes) is 1. The molecule has 4 unspecified atom stereocenters. The number of carbonyl (C=O) groups is 1. The maximum absolute atomic E-state index is 12.0. The van der Waals surface area contributed by atoms with Crippen LogP contribution in [-0.2, 0) is 4.79 Å². The number of hydrogen-bond donors (Lipinski definition) is 3. The van der Waals surface area contributed by atoms with Crippen molar-refractivity contribution < 1.29 is 19.9 Å². The van der Waals surface area contributed by atoms with E-state index in [0.717, 1.165) is 44.9 Å². The van der Waals surface area contributed by atoms with Crippen LogP contribution in [0.2, 0.25) is 6.32 Å². The zero-order valence-electron chi connectivity index (χ0n) is 15.3. The third-order valence-corrected chi connectivity index (χ3v) is 6.46. The quantitative estimate of drug-likeness (QED) is 0.531. The van der Waals surface area contributed by atoms with Crippen molar-refractivity contribution in [2.75, 3.05) is 0 Å². The topological polar surface area (TPSA) is 77.8 Å². The molecule has 1 saturated carbocycles. The van der Waals surface area contributed by atoms with Crippen LogP contribution in [0.5, 0.6) is 0 Å². The van der Waals surface area contributed by atoms with Crippen molar-refractivity contribution in [3.8, 4) is 0 Å². The van der Waals surface area contributed by atoms with Crippen LogP contribution in [0.25, 0.3) is 0 Å². The minimum atomic E-state index is -1.29. The van der Waals surface area contributed by atoms with Crippen molar-refractivity contribution in [3.63, 3.8) is 0 Å². The Bertz CT molecular complexity index is 387. The Balaban J connectivity index is 2.97. The van der Waals surface area contributed by atoms with E-state index in [-0.39, 0.29) is 11.3 Å². The Labute approximate surface area is 141 Å². The van der Waals surface area contributed by atoms with Gasteiger partial charge in [-0.15, -0.1) is 0 Å². The highest BCUT2D eigenvalue weighted by atomic mass is 16.4. The molecule has 1 rings (SSSR count). The van der Waals surface area contributed by atoms with Crippen LogP contribution < -0.4 is 0 Å². The molecule has 4 atom stereocenters. The lowest BCUT2D eigenvalue weighted by Crippen LogP contribution is -2.33. The monoisotopic (exact) mass is 326 g/mol. The van der Waals surface area contributed by atoms with E-state index in [4.69, 9.17) is 10.0 Å². The zero-order valence-corrected chi connectivity index (χ0v) is 15.3. The number of aliphatic carboxylic acids is 1. The summed E-state index contributed by atoms with van der Waals surface area (Å²) in [5.41, 5.74) is -0.558. The fourth-order valence-electron chi connectivity index (χ4n) is 4.66. The van der Waals surface area contributed by atoms with Crippen LogP contribution in [0.4, 0.5) is 0 Å². The Morgan fingerprint density at radius 3 is 2.43 bits per heavy atom. The fraction of sp³-hybridized carbons (Fsp3) is 0.944. The summed E-state index contributed by atoms with van der Waals surface area (Å²) >= 11 is 0. The molecule has 134 valence electrons. The van der Waals surface area contributed by atoms with Crippen molar-refractivity contribution in [3.05, 3.63) is 0 Å². The van der Waals surface area contributed by atoms with Gasteiger partial charge in [0.15, 0.2) is 0 Å². The molecule has 0 amide bonds. The van der Waals surface area contributed by atoms with Gasteiger partial charge >= 0.3 is 13.1 Å². The van der Waals surface area contributed by atoms with Gasteiger partial charge in [0.1, 0.15) is 0 Å². The highest BCUT2D eigenvalue weighted by Crippen LogP contribution is 2.60. The summed E-state index contributed by atoms with van der Waals surface area (Å²) in [5.74, 6) is -0.0283. The zero-order chi connectivity index (χ0) is 17.7. The Morgan fingerprint density at radius 1 is 1.30 bits per heavy atom. The van der Waals surface area contributed by atoms with Gasteiger partial charge in [-0.05, 0) is 56.2 Å². The van der Waals surface area contributed by atoms with Crippen molar-refractivity contribution >= 4 is 13.1 Å². The van der Waals surface area contributed by atoms with Gasteiger partial charge < -0.3 is 15.2 Å². The first-order valence-corrected chi connectivity index (χ1v) is 9.31. The molecule has 5 heteroatoms. The van der Waals surface area contributed by atoms with Crippen molar-refractivity contribution in [1.82, 2.24) is 0 Å².